The van der Waals surface area contributed by atoms with E-state index in [0.717, 1.165) is 11.3 Å². The van der Waals surface area contributed by atoms with Crippen molar-refractivity contribution >= 4 is 5.78 Å². The molecule has 4 nitrogen and oxygen atoms in total. The van der Waals surface area contributed by atoms with Crippen LogP contribution in [0.15, 0.2) is 30.5 Å². The zero-order valence-electron chi connectivity index (χ0n) is 7.69. The number of nitrogens with one attached hydrogen (secondary N) is 1. The van der Waals surface area contributed by atoms with E-state index in [4.69, 9.17) is 0 Å². The Hall–Kier alpha value is -1.97. The first-order chi connectivity index (χ1) is 6.77. The third-order valence-corrected chi connectivity index (χ3v) is 1.98. The molecule has 0 fully saturated rings. The van der Waals surface area contributed by atoms with Crippen molar-refractivity contribution in [3.63, 3.8) is 0 Å². The van der Waals surface area contributed by atoms with E-state index in [1.165, 1.54) is 0 Å². The van der Waals surface area contributed by atoms with Gasteiger partial charge in [-0.15, -0.1) is 0 Å². The maximum Gasteiger partial charge on any atom is 0.159 e. The molecule has 0 amide bonds. The molecule has 1 N–H and O–H groups in total. The van der Waals surface area contributed by atoms with Crippen molar-refractivity contribution in [3.8, 4) is 11.3 Å². The summed E-state index contributed by atoms with van der Waals surface area (Å²) in [5.74, 6) is 0.0512. The maximum atomic E-state index is 11.1. The average Bonchev–Trinajstić information content (AvgIpc) is 2.71. The van der Waals surface area contributed by atoms with Gasteiger partial charge in [0.2, 0.25) is 0 Å². The predicted molar refractivity (Wildman–Crippen MR) is 51.8 cm³/mol. The number of benzene rings is 1. The largest absolute Gasteiger partial charge is 0.295 e. The van der Waals surface area contributed by atoms with Crippen molar-refractivity contribution in [3.05, 3.63) is 36.0 Å². The van der Waals surface area contributed by atoms with Crippen molar-refractivity contribution in [2.75, 3.05) is 0 Å². The molecule has 0 saturated carbocycles. The highest BCUT2D eigenvalue weighted by molar-refractivity contribution is 5.95. The lowest BCUT2D eigenvalue weighted by atomic mass is 10.1. The number of rotatable bonds is 2. The van der Waals surface area contributed by atoms with Crippen molar-refractivity contribution in [2.24, 2.45) is 0 Å². The summed E-state index contributed by atoms with van der Waals surface area (Å²) in [6.07, 6.45) is 1.62. The van der Waals surface area contributed by atoms with Crippen molar-refractivity contribution < 1.29 is 4.79 Å². The third-order valence-electron chi connectivity index (χ3n) is 1.98. The number of Topliss-reactive ketones (excluding diaryl/α,β-unsaturated/α-hetero) is 1. The normalized spacial score (nSPS) is 10.1. The topological polar surface area (TPSA) is 58.6 Å². The second kappa shape index (κ2) is 3.41. The molecule has 0 aliphatic rings. The Bertz CT molecular complexity index is 448. The van der Waals surface area contributed by atoms with Crippen LogP contribution in [0.5, 0.6) is 0 Å². The minimum absolute atomic E-state index is 0.0512. The lowest BCUT2D eigenvalue weighted by Gasteiger charge is -1.98. The predicted octanol–water partition coefficient (Wildman–Crippen LogP) is 1.67. The number of aromatic amines is 1. The Kier molecular flexibility index (Phi) is 2.10. The highest BCUT2D eigenvalue weighted by Crippen LogP contribution is 2.16. The van der Waals surface area contributed by atoms with E-state index in [0.29, 0.717) is 5.56 Å². The van der Waals surface area contributed by atoms with Gasteiger partial charge < -0.3 is 0 Å². The van der Waals surface area contributed by atoms with Crippen molar-refractivity contribution in [2.45, 2.75) is 6.92 Å². The van der Waals surface area contributed by atoms with Crippen LogP contribution in [0.25, 0.3) is 11.3 Å². The molecule has 0 bridgehead atoms. The first kappa shape index (κ1) is 8.62. The van der Waals surface area contributed by atoms with E-state index < -0.39 is 0 Å². The van der Waals surface area contributed by atoms with Crippen LogP contribution in [0.1, 0.15) is 17.3 Å². The van der Waals surface area contributed by atoms with Crippen LogP contribution in [0, 0.1) is 0 Å². The van der Waals surface area contributed by atoms with Gasteiger partial charge in [0.25, 0.3) is 0 Å². The molecule has 1 aromatic heterocycles. The Morgan fingerprint density at radius 3 is 2.93 bits per heavy atom. The molecular formula is C10H9N3O. The van der Waals surface area contributed by atoms with Gasteiger partial charge in [-0.3, -0.25) is 4.79 Å². The number of hydrogen-bond acceptors (Lipinski definition) is 3. The summed E-state index contributed by atoms with van der Waals surface area (Å²) < 4.78 is 0. The molecule has 1 heterocycles. The standard InChI is InChI=1S/C10H9N3O/c1-7(14)8-3-2-4-9(5-8)10-6-11-13-12-10/h2-6H,1H3,(H,11,12,13). The number of ketones is 1. The SMILES string of the molecule is CC(=O)c1cccc(-c2cn[nH]n2)c1. The second-order valence-corrected chi connectivity index (χ2v) is 2.99. The lowest BCUT2D eigenvalue weighted by molar-refractivity contribution is 0.101. The van der Waals surface area contributed by atoms with Crippen molar-refractivity contribution in [1.29, 1.82) is 0 Å². The first-order valence-electron chi connectivity index (χ1n) is 4.24. The molecule has 0 aliphatic heterocycles. The number of H-pyrrole nitrogens is 1. The van der Waals surface area contributed by atoms with Crippen LogP contribution in [0.3, 0.4) is 0 Å². The van der Waals surface area contributed by atoms with Crippen molar-refractivity contribution in [1.82, 2.24) is 15.4 Å². The molecule has 0 saturated heterocycles. The van der Waals surface area contributed by atoms with E-state index >= 15 is 0 Å². The van der Waals surface area contributed by atoms with E-state index in [9.17, 15) is 4.79 Å². The molecule has 1 aromatic carbocycles. The monoisotopic (exact) mass is 187 g/mol. The molecule has 4 heteroatoms. The summed E-state index contributed by atoms with van der Waals surface area (Å²) in [6.45, 7) is 1.54. The highest BCUT2D eigenvalue weighted by atomic mass is 16.1. The van der Waals surface area contributed by atoms with Gasteiger partial charge in [0.1, 0.15) is 5.69 Å². The fourth-order valence-corrected chi connectivity index (χ4v) is 1.24. The zero-order valence-corrected chi connectivity index (χ0v) is 7.69. The fourth-order valence-electron chi connectivity index (χ4n) is 1.24. The number of carbonyl (C=O) groups excluding carboxylic acids is 1. The van der Waals surface area contributed by atoms with E-state index in [1.807, 2.05) is 12.1 Å². The zero-order chi connectivity index (χ0) is 9.97. The van der Waals surface area contributed by atoms with E-state index in [2.05, 4.69) is 15.4 Å². The summed E-state index contributed by atoms with van der Waals surface area (Å²) in [6, 6.07) is 7.32. The van der Waals surface area contributed by atoms with Gasteiger partial charge in [-0.25, -0.2) is 0 Å². The smallest absolute Gasteiger partial charge is 0.159 e. The van der Waals surface area contributed by atoms with Gasteiger partial charge >= 0.3 is 0 Å². The maximum absolute atomic E-state index is 11.1. The molecule has 2 aromatic rings. The van der Waals surface area contributed by atoms with Gasteiger partial charge in [0, 0.05) is 11.1 Å². The number of hydrogen-bond donors (Lipinski definition) is 1. The number of nitrogens with zero attached hydrogens (tertiary/aromatic N) is 2. The molecule has 0 unspecified atom stereocenters. The number of carbonyl (C=O) groups is 1. The summed E-state index contributed by atoms with van der Waals surface area (Å²) in [5.41, 5.74) is 2.32. The minimum Gasteiger partial charge on any atom is -0.295 e. The first-order valence-corrected chi connectivity index (χ1v) is 4.24. The fraction of sp³-hybridized carbons (Fsp3) is 0.100. The quantitative estimate of drug-likeness (QED) is 0.727. The molecule has 0 aliphatic carbocycles. The van der Waals surface area contributed by atoms with Crippen LogP contribution in [0.2, 0.25) is 0 Å². The second-order valence-electron chi connectivity index (χ2n) is 2.99. The summed E-state index contributed by atoms with van der Waals surface area (Å²) in [4.78, 5) is 11.1. The van der Waals surface area contributed by atoms with Crippen LogP contribution >= 0.6 is 0 Å². The van der Waals surface area contributed by atoms with Gasteiger partial charge in [-0.05, 0) is 13.0 Å². The highest BCUT2D eigenvalue weighted by Gasteiger charge is 2.03. The van der Waals surface area contributed by atoms with Gasteiger partial charge in [-0.1, -0.05) is 18.2 Å². The summed E-state index contributed by atoms with van der Waals surface area (Å²) in [5, 5.41) is 10.2. The van der Waals surface area contributed by atoms with E-state index in [1.54, 1.807) is 25.3 Å². The Morgan fingerprint density at radius 1 is 1.43 bits per heavy atom. The van der Waals surface area contributed by atoms with Gasteiger partial charge in [-0.2, -0.15) is 15.4 Å². The Balaban J connectivity index is 2.46. The molecule has 2 rings (SSSR count). The molecular weight excluding hydrogens is 178 g/mol. The number of aromatic nitrogens is 3. The summed E-state index contributed by atoms with van der Waals surface area (Å²) in [7, 11) is 0. The minimum atomic E-state index is 0.0512. The summed E-state index contributed by atoms with van der Waals surface area (Å²) >= 11 is 0. The third kappa shape index (κ3) is 1.54. The lowest BCUT2D eigenvalue weighted by Crippen LogP contribution is -1.91. The van der Waals surface area contributed by atoms with E-state index in [-0.39, 0.29) is 5.78 Å². The molecule has 0 radical (unpaired) electrons. The Labute approximate surface area is 81.0 Å². The van der Waals surface area contributed by atoms with Crippen LogP contribution in [-0.4, -0.2) is 21.2 Å². The van der Waals surface area contributed by atoms with Crippen LogP contribution < -0.4 is 0 Å². The van der Waals surface area contributed by atoms with Gasteiger partial charge in [0.05, 0.1) is 6.20 Å². The molecule has 0 spiro atoms. The van der Waals surface area contributed by atoms with Crippen LogP contribution in [0.4, 0.5) is 0 Å². The molecule has 0 atom stereocenters. The van der Waals surface area contributed by atoms with Gasteiger partial charge in [0.15, 0.2) is 5.78 Å². The molecule has 14 heavy (non-hydrogen) atoms. The molecule has 70 valence electrons. The van der Waals surface area contributed by atoms with Crippen LogP contribution in [-0.2, 0) is 0 Å². The average molecular weight is 187 g/mol. The Morgan fingerprint density at radius 2 is 2.29 bits per heavy atom.